The highest BCUT2D eigenvalue weighted by atomic mass is 16.5. The highest BCUT2D eigenvalue weighted by molar-refractivity contribution is 5.87. The summed E-state index contributed by atoms with van der Waals surface area (Å²) in [5.41, 5.74) is 3.37. The highest BCUT2D eigenvalue weighted by Gasteiger charge is 2.42. The number of amides is 2. The number of rotatable bonds is 7. The van der Waals surface area contributed by atoms with Crippen LogP contribution >= 0.6 is 0 Å². The third-order valence-electron chi connectivity index (χ3n) is 6.88. The van der Waals surface area contributed by atoms with Crippen LogP contribution in [-0.2, 0) is 14.3 Å². The van der Waals surface area contributed by atoms with Gasteiger partial charge < -0.3 is 20.5 Å². The molecule has 7 nitrogen and oxygen atoms in total. The molecule has 2 aliphatic carbocycles. The number of hydrogen-bond donors (Lipinski definition) is 3. The van der Waals surface area contributed by atoms with Crippen LogP contribution in [0.1, 0.15) is 56.1 Å². The molecule has 2 aromatic carbocycles. The molecule has 1 fully saturated rings. The van der Waals surface area contributed by atoms with Gasteiger partial charge in [0.15, 0.2) is 0 Å². The second kappa shape index (κ2) is 9.65. The molecule has 1 saturated carbocycles. The second-order valence-electron chi connectivity index (χ2n) is 9.12. The molecule has 0 unspecified atom stereocenters. The van der Waals surface area contributed by atoms with Crippen LogP contribution in [0.3, 0.4) is 0 Å². The summed E-state index contributed by atoms with van der Waals surface area (Å²) in [6, 6.07) is 16.2. The Kier molecular flexibility index (Phi) is 6.67. The highest BCUT2D eigenvalue weighted by Crippen LogP contribution is 2.44. The van der Waals surface area contributed by atoms with Crippen molar-refractivity contribution in [1.82, 2.24) is 10.6 Å². The summed E-state index contributed by atoms with van der Waals surface area (Å²) in [5.74, 6) is -0.946. The van der Waals surface area contributed by atoms with Gasteiger partial charge in [0.25, 0.3) is 0 Å². The monoisotopic (exact) mass is 450 g/mol. The molecule has 4 rings (SSSR count). The van der Waals surface area contributed by atoms with E-state index in [-0.39, 0.29) is 31.4 Å². The second-order valence-corrected chi connectivity index (χ2v) is 9.12. The number of carbonyl (C=O) groups excluding carboxylic acids is 2. The molecule has 2 aromatic rings. The maximum Gasteiger partial charge on any atom is 0.407 e. The Labute approximate surface area is 193 Å². The van der Waals surface area contributed by atoms with Gasteiger partial charge in [0, 0.05) is 18.9 Å². The van der Waals surface area contributed by atoms with Crippen LogP contribution in [0, 0.1) is 5.92 Å². The largest absolute Gasteiger partial charge is 0.480 e. The summed E-state index contributed by atoms with van der Waals surface area (Å²) in [6.07, 6.45) is 1.79. The van der Waals surface area contributed by atoms with Crippen molar-refractivity contribution in [1.29, 1.82) is 0 Å². The van der Waals surface area contributed by atoms with Crippen LogP contribution in [0.5, 0.6) is 0 Å². The number of hydrogen-bond acceptors (Lipinski definition) is 4. The van der Waals surface area contributed by atoms with Gasteiger partial charge in [0.2, 0.25) is 5.91 Å². The molecule has 2 amide bonds. The number of ether oxygens (including phenoxy) is 1. The summed E-state index contributed by atoms with van der Waals surface area (Å²) in [7, 11) is 0. The lowest BCUT2D eigenvalue weighted by atomic mass is 9.77. The molecule has 0 aromatic heterocycles. The standard InChI is InChI=1S/C26H30N2O5/c1-17-10-13-26(14-11-17,24(30)31)28-23(29)12-15-27-25(32)33-16-22-20-8-4-2-6-18(20)19-7-3-5-9-21(19)22/h2-9,17,22H,10-16H2,1H3,(H,27,32)(H,28,29)(H,30,31). The minimum atomic E-state index is -1.20. The topological polar surface area (TPSA) is 105 Å². The maximum absolute atomic E-state index is 12.4. The van der Waals surface area contributed by atoms with E-state index in [1.165, 1.54) is 0 Å². The average Bonchev–Trinajstić information content (AvgIpc) is 3.13. The fourth-order valence-electron chi connectivity index (χ4n) is 4.90. The molecule has 0 heterocycles. The number of benzene rings is 2. The Hall–Kier alpha value is -3.35. The predicted molar refractivity (Wildman–Crippen MR) is 124 cm³/mol. The summed E-state index contributed by atoms with van der Waals surface area (Å²) < 4.78 is 5.47. The Morgan fingerprint density at radius 2 is 1.58 bits per heavy atom. The Morgan fingerprint density at radius 3 is 2.15 bits per heavy atom. The molecular formula is C26H30N2O5. The number of carbonyl (C=O) groups is 3. The van der Waals surface area contributed by atoms with Gasteiger partial charge in [-0.15, -0.1) is 0 Å². The molecule has 2 aliphatic rings. The molecule has 0 atom stereocenters. The summed E-state index contributed by atoms with van der Waals surface area (Å²) in [6.45, 7) is 2.37. The minimum Gasteiger partial charge on any atom is -0.480 e. The van der Waals surface area contributed by atoms with Crippen LogP contribution in [-0.4, -0.2) is 41.8 Å². The van der Waals surface area contributed by atoms with Crippen LogP contribution in [0.15, 0.2) is 48.5 Å². The Balaban J connectivity index is 1.26. The molecule has 0 spiro atoms. The van der Waals surface area contributed by atoms with Crippen molar-refractivity contribution < 1.29 is 24.2 Å². The van der Waals surface area contributed by atoms with E-state index >= 15 is 0 Å². The molecule has 7 heteroatoms. The fraction of sp³-hybridized carbons (Fsp3) is 0.423. The smallest absolute Gasteiger partial charge is 0.407 e. The van der Waals surface area contributed by atoms with E-state index in [0.717, 1.165) is 35.1 Å². The van der Waals surface area contributed by atoms with Gasteiger partial charge in [-0.3, -0.25) is 4.79 Å². The van der Waals surface area contributed by atoms with Gasteiger partial charge in [0.1, 0.15) is 12.1 Å². The van der Waals surface area contributed by atoms with E-state index in [4.69, 9.17) is 4.74 Å². The van der Waals surface area contributed by atoms with Gasteiger partial charge in [-0.2, -0.15) is 0 Å². The number of aliphatic carboxylic acids is 1. The number of carboxylic acids is 1. The van der Waals surface area contributed by atoms with Crippen molar-refractivity contribution in [2.45, 2.75) is 50.5 Å². The summed E-state index contributed by atoms with van der Waals surface area (Å²) >= 11 is 0. The van der Waals surface area contributed by atoms with E-state index in [1.807, 2.05) is 24.3 Å². The van der Waals surface area contributed by atoms with Crippen LogP contribution < -0.4 is 10.6 Å². The van der Waals surface area contributed by atoms with E-state index in [0.29, 0.717) is 18.8 Å². The molecule has 0 saturated heterocycles. The normalized spacial score (nSPS) is 21.5. The molecule has 174 valence electrons. The van der Waals surface area contributed by atoms with Gasteiger partial charge >= 0.3 is 12.1 Å². The first-order valence-electron chi connectivity index (χ1n) is 11.5. The van der Waals surface area contributed by atoms with Crippen molar-refractivity contribution >= 4 is 18.0 Å². The average molecular weight is 451 g/mol. The molecule has 0 radical (unpaired) electrons. The third kappa shape index (κ3) is 4.87. The van der Waals surface area contributed by atoms with Crippen molar-refractivity contribution in [3.8, 4) is 11.1 Å². The van der Waals surface area contributed by atoms with E-state index in [9.17, 15) is 19.5 Å². The van der Waals surface area contributed by atoms with Gasteiger partial charge in [-0.05, 0) is 53.9 Å². The van der Waals surface area contributed by atoms with E-state index in [1.54, 1.807) is 0 Å². The first-order chi connectivity index (χ1) is 15.9. The lowest BCUT2D eigenvalue weighted by Gasteiger charge is -2.36. The van der Waals surface area contributed by atoms with Gasteiger partial charge in [-0.1, -0.05) is 55.5 Å². The zero-order valence-electron chi connectivity index (χ0n) is 18.8. The predicted octanol–water partition coefficient (Wildman–Crippen LogP) is 4.06. The SMILES string of the molecule is CC1CCC(NC(=O)CCNC(=O)OCC2c3ccccc3-c3ccccc32)(C(=O)O)CC1. The molecule has 0 aliphatic heterocycles. The van der Waals surface area contributed by atoms with E-state index < -0.39 is 17.6 Å². The molecule has 0 bridgehead atoms. The van der Waals surface area contributed by atoms with Gasteiger partial charge in [-0.25, -0.2) is 9.59 Å². The van der Waals surface area contributed by atoms with Crippen LogP contribution in [0.25, 0.3) is 11.1 Å². The quantitative estimate of drug-likeness (QED) is 0.590. The van der Waals surface area contributed by atoms with Crippen LogP contribution in [0.4, 0.5) is 4.79 Å². The van der Waals surface area contributed by atoms with Crippen molar-refractivity contribution in [2.75, 3.05) is 13.2 Å². The number of carboxylic acid groups (broad SMARTS) is 1. The number of nitrogens with one attached hydrogen (secondary N) is 2. The maximum atomic E-state index is 12.4. The van der Waals surface area contributed by atoms with Crippen LogP contribution in [0.2, 0.25) is 0 Å². The lowest BCUT2D eigenvalue weighted by Crippen LogP contribution is -2.56. The third-order valence-corrected chi connectivity index (χ3v) is 6.88. The zero-order chi connectivity index (χ0) is 23.4. The Morgan fingerprint density at radius 1 is 1.00 bits per heavy atom. The number of fused-ring (bicyclic) bond motifs is 3. The molecular weight excluding hydrogens is 420 g/mol. The first-order valence-corrected chi connectivity index (χ1v) is 11.5. The van der Waals surface area contributed by atoms with Crippen molar-refractivity contribution in [2.24, 2.45) is 5.92 Å². The summed E-state index contributed by atoms with van der Waals surface area (Å²) in [5, 5.41) is 14.9. The molecule has 3 N–H and O–H groups in total. The number of alkyl carbamates (subject to hydrolysis) is 1. The lowest BCUT2D eigenvalue weighted by molar-refractivity contribution is -0.149. The Bertz CT molecular complexity index is 997. The fourth-order valence-corrected chi connectivity index (χ4v) is 4.90. The first kappa shape index (κ1) is 22.8. The minimum absolute atomic E-state index is 0.00518. The van der Waals surface area contributed by atoms with E-state index in [2.05, 4.69) is 41.8 Å². The molecule has 33 heavy (non-hydrogen) atoms. The zero-order valence-corrected chi connectivity index (χ0v) is 18.8. The summed E-state index contributed by atoms with van der Waals surface area (Å²) in [4.78, 5) is 36.4. The van der Waals surface area contributed by atoms with Crippen molar-refractivity contribution in [3.63, 3.8) is 0 Å². The van der Waals surface area contributed by atoms with Crippen molar-refractivity contribution in [3.05, 3.63) is 59.7 Å². The van der Waals surface area contributed by atoms with Gasteiger partial charge in [0.05, 0.1) is 0 Å².